The Bertz CT molecular complexity index is 1120. The summed E-state index contributed by atoms with van der Waals surface area (Å²) in [6, 6.07) is 14.5. The molecule has 0 bridgehead atoms. The largest absolute Gasteiger partial charge is 0.485 e. The highest BCUT2D eigenvalue weighted by molar-refractivity contribution is 7.99. The Balaban J connectivity index is 1.24. The Hall–Kier alpha value is -3.53. The van der Waals surface area contributed by atoms with Crippen LogP contribution in [0.1, 0.15) is 12.0 Å². The summed E-state index contributed by atoms with van der Waals surface area (Å²) >= 11 is 1.11. The Morgan fingerprint density at radius 2 is 1.93 bits per heavy atom. The molecular formula is C20H16N4O5S. The number of anilines is 2. The molecule has 1 unspecified atom stereocenters. The van der Waals surface area contributed by atoms with Crippen LogP contribution in [0.5, 0.6) is 11.5 Å². The van der Waals surface area contributed by atoms with Crippen molar-refractivity contribution in [2.45, 2.75) is 11.3 Å². The number of thioether (sulfide) groups is 1. The molecule has 2 amide bonds. The third-order valence-corrected chi connectivity index (χ3v) is 5.40. The molecule has 0 aliphatic carbocycles. The number of fused-ring (bicyclic) bond motifs is 2. The van der Waals surface area contributed by atoms with Crippen molar-refractivity contribution < 1.29 is 23.5 Å². The molecule has 30 heavy (non-hydrogen) atoms. The molecule has 10 heteroatoms. The van der Waals surface area contributed by atoms with Crippen molar-refractivity contribution in [2.75, 3.05) is 29.1 Å². The van der Waals surface area contributed by atoms with Crippen molar-refractivity contribution in [3.05, 3.63) is 54.4 Å². The van der Waals surface area contributed by atoms with Crippen LogP contribution in [0.25, 0.3) is 0 Å². The van der Waals surface area contributed by atoms with E-state index in [4.69, 9.17) is 13.9 Å². The number of amides is 2. The highest BCUT2D eigenvalue weighted by atomic mass is 32.2. The first-order chi connectivity index (χ1) is 14.7. The van der Waals surface area contributed by atoms with Crippen LogP contribution in [-0.4, -0.2) is 40.9 Å². The maximum absolute atomic E-state index is 12.7. The van der Waals surface area contributed by atoms with Crippen molar-refractivity contribution >= 4 is 35.0 Å². The molecule has 152 valence electrons. The van der Waals surface area contributed by atoms with Gasteiger partial charge in [0.05, 0.1) is 17.1 Å². The van der Waals surface area contributed by atoms with Crippen LogP contribution in [0.3, 0.4) is 0 Å². The van der Waals surface area contributed by atoms with E-state index < -0.39 is 6.10 Å². The van der Waals surface area contributed by atoms with Gasteiger partial charge in [-0.05, 0) is 24.3 Å². The molecule has 0 spiro atoms. The van der Waals surface area contributed by atoms with Crippen molar-refractivity contribution in [3.63, 3.8) is 0 Å². The van der Waals surface area contributed by atoms with Gasteiger partial charge in [-0.1, -0.05) is 36.0 Å². The minimum Gasteiger partial charge on any atom is -0.485 e. The number of hydrogen-bond acceptors (Lipinski definition) is 8. The molecule has 0 saturated carbocycles. The number of rotatable bonds is 4. The molecule has 0 fully saturated rings. The Morgan fingerprint density at radius 1 is 1.13 bits per heavy atom. The normalized spacial score (nSPS) is 17.3. The number of hydrogen-bond donors (Lipinski definition) is 1. The van der Waals surface area contributed by atoms with Gasteiger partial charge in [-0.15, -0.1) is 10.2 Å². The first kappa shape index (κ1) is 18.5. The van der Waals surface area contributed by atoms with E-state index in [-0.39, 0.29) is 41.8 Å². The molecule has 2 aliphatic rings. The van der Waals surface area contributed by atoms with E-state index in [9.17, 15) is 9.59 Å². The van der Waals surface area contributed by atoms with Crippen LogP contribution in [0, 0.1) is 0 Å². The molecule has 3 heterocycles. The lowest BCUT2D eigenvalue weighted by Gasteiger charge is -2.28. The molecule has 0 radical (unpaired) electrons. The van der Waals surface area contributed by atoms with Crippen LogP contribution in [0.4, 0.5) is 11.4 Å². The number of para-hydroxylation sites is 4. The fourth-order valence-electron chi connectivity index (χ4n) is 3.21. The SMILES string of the molecule is O=C1CN(C(=O)CSc2nnc(C3COc4ccccc4O3)o2)c2ccccc2N1. The Morgan fingerprint density at radius 3 is 2.83 bits per heavy atom. The Labute approximate surface area is 175 Å². The summed E-state index contributed by atoms with van der Waals surface area (Å²) in [5, 5.41) is 11.0. The predicted molar refractivity (Wildman–Crippen MR) is 108 cm³/mol. The predicted octanol–water partition coefficient (Wildman–Crippen LogP) is 2.66. The van der Waals surface area contributed by atoms with Crippen molar-refractivity contribution in [1.82, 2.24) is 10.2 Å². The number of nitrogens with zero attached hydrogens (tertiary/aromatic N) is 3. The fraction of sp³-hybridized carbons (Fsp3) is 0.200. The summed E-state index contributed by atoms with van der Waals surface area (Å²) < 4.78 is 17.2. The van der Waals surface area contributed by atoms with Crippen molar-refractivity contribution in [3.8, 4) is 11.5 Å². The molecule has 5 rings (SSSR count). The molecule has 1 atom stereocenters. The van der Waals surface area contributed by atoms with Gasteiger partial charge in [0.15, 0.2) is 11.5 Å². The van der Waals surface area contributed by atoms with Gasteiger partial charge in [0.2, 0.25) is 17.9 Å². The maximum atomic E-state index is 12.7. The van der Waals surface area contributed by atoms with E-state index in [1.165, 1.54) is 4.90 Å². The molecule has 0 saturated heterocycles. The van der Waals surface area contributed by atoms with Gasteiger partial charge in [-0.25, -0.2) is 0 Å². The zero-order chi connectivity index (χ0) is 20.5. The third-order valence-electron chi connectivity index (χ3n) is 4.60. The van der Waals surface area contributed by atoms with Crippen LogP contribution in [0.2, 0.25) is 0 Å². The van der Waals surface area contributed by atoms with Gasteiger partial charge in [0, 0.05) is 0 Å². The van der Waals surface area contributed by atoms with Crippen molar-refractivity contribution in [1.29, 1.82) is 0 Å². The van der Waals surface area contributed by atoms with Crippen molar-refractivity contribution in [2.24, 2.45) is 0 Å². The molecule has 9 nitrogen and oxygen atoms in total. The number of carbonyl (C=O) groups excluding carboxylic acids is 2. The summed E-state index contributed by atoms with van der Waals surface area (Å²) in [6.45, 7) is 0.222. The number of aromatic nitrogens is 2. The molecule has 2 aromatic carbocycles. The second-order valence-corrected chi connectivity index (χ2v) is 7.53. The smallest absolute Gasteiger partial charge is 0.277 e. The summed E-state index contributed by atoms with van der Waals surface area (Å²) in [5.41, 5.74) is 1.28. The lowest BCUT2D eigenvalue weighted by molar-refractivity contribution is -0.120. The number of ether oxygens (including phenoxy) is 2. The highest BCUT2D eigenvalue weighted by Crippen LogP contribution is 2.36. The molecule has 1 N–H and O–H groups in total. The number of benzene rings is 2. The maximum Gasteiger partial charge on any atom is 0.277 e. The van der Waals surface area contributed by atoms with Crippen LogP contribution in [-0.2, 0) is 9.59 Å². The number of nitrogens with one attached hydrogen (secondary N) is 1. The standard InChI is InChI=1S/C20H16N4O5S/c25-17-9-24(13-6-2-1-5-12(13)21-17)18(26)11-30-20-23-22-19(29-20)16-10-27-14-7-3-4-8-15(14)28-16/h1-8,16H,9-11H2,(H,21,25). The van der Waals surface area contributed by atoms with Crippen LogP contribution < -0.4 is 19.7 Å². The van der Waals surface area contributed by atoms with E-state index in [2.05, 4.69) is 15.5 Å². The third kappa shape index (κ3) is 3.57. The minimum absolute atomic E-state index is 0.0296. The molecule has 1 aromatic heterocycles. The van der Waals surface area contributed by atoms with Gasteiger partial charge >= 0.3 is 0 Å². The van der Waals surface area contributed by atoms with Gasteiger partial charge in [0.1, 0.15) is 13.2 Å². The van der Waals surface area contributed by atoms with Crippen LogP contribution in [0.15, 0.2) is 58.2 Å². The highest BCUT2D eigenvalue weighted by Gasteiger charge is 2.29. The van der Waals surface area contributed by atoms with E-state index in [0.29, 0.717) is 22.9 Å². The summed E-state index contributed by atoms with van der Waals surface area (Å²) in [5.74, 6) is 1.14. The first-order valence-electron chi connectivity index (χ1n) is 9.21. The van der Waals surface area contributed by atoms with Crippen LogP contribution >= 0.6 is 11.8 Å². The summed E-state index contributed by atoms with van der Waals surface area (Å²) in [4.78, 5) is 26.1. The van der Waals surface area contributed by atoms with Gasteiger partial charge in [0.25, 0.3) is 11.1 Å². The average molecular weight is 424 g/mol. The topological polar surface area (TPSA) is 107 Å². The zero-order valence-electron chi connectivity index (χ0n) is 15.6. The summed E-state index contributed by atoms with van der Waals surface area (Å²) in [7, 11) is 0. The lowest BCUT2D eigenvalue weighted by Crippen LogP contribution is -2.43. The van der Waals surface area contributed by atoms with E-state index in [1.807, 2.05) is 24.3 Å². The lowest BCUT2D eigenvalue weighted by atomic mass is 10.2. The van der Waals surface area contributed by atoms with E-state index in [0.717, 1.165) is 11.8 Å². The van der Waals surface area contributed by atoms with Gasteiger partial charge < -0.3 is 24.1 Å². The average Bonchev–Trinajstić information content (AvgIpc) is 3.25. The number of carbonyl (C=O) groups is 2. The monoisotopic (exact) mass is 424 g/mol. The minimum atomic E-state index is -0.518. The van der Waals surface area contributed by atoms with Gasteiger partial charge in [-0.3, -0.25) is 9.59 Å². The zero-order valence-corrected chi connectivity index (χ0v) is 16.4. The molecule has 2 aliphatic heterocycles. The second-order valence-electron chi connectivity index (χ2n) is 6.60. The summed E-state index contributed by atoms with van der Waals surface area (Å²) in [6.07, 6.45) is -0.518. The first-order valence-corrected chi connectivity index (χ1v) is 10.2. The van der Waals surface area contributed by atoms with E-state index in [1.54, 1.807) is 24.3 Å². The van der Waals surface area contributed by atoms with Gasteiger partial charge in [-0.2, -0.15) is 0 Å². The molecular weight excluding hydrogens is 408 g/mol. The van der Waals surface area contributed by atoms with E-state index >= 15 is 0 Å². The fourth-order valence-corrected chi connectivity index (χ4v) is 3.85. The second kappa shape index (κ2) is 7.71. The molecule has 3 aromatic rings. The quantitative estimate of drug-likeness (QED) is 0.637. The Kier molecular flexibility index (Phi) is 4.75.